The number of nitrogens with zero attached hydrogens (tertiary/aromatic N) is 6. The summed E-state index contributed by atoms with van der Waals surface area (Å²) in [6, 6.07) is 14.5. The lowest BCUT2D eigenvalue weighted by Crippen LogP contribution is -2.21. The molecule has 0 spiro atoms. The van der Waals surface area contributed by atoms with E-state index in [0.717, 1.165) is 18.8 Å². The lowest BCUT2D eigenvalue weighted by Gasteiger charge is -2.13. The van der Waals surface area contributed by atoms with Crippen LogP contribution in [0.15, 0.2) is 58.5 Å². The predicted octanol–water partition coefficient (Wildman–Crippen LogP) is 3.73. The highest BCUT2D eigenvalue weighted by molar-refractivity contribution is 7.98. The highest BCUT2D eigenvalue weighted by Crippen LogP contribution is 2.25. The second-order valence-corrected chi connectivity index (χ2v) is 7.52. The summed E-state index contributed by atoms with van der Waals surface area (Å²) in [5.74, 6) is 1.24. The van der Waals surface area contributed by atoms with Crippen molar-refractivity contribution in [3.05, 3.63) is 69.7 Å². The molecule has 0 aliphatic carbocycles. The van der Waals surface area contributed by atoms with Crippen LogP contribution in [-0.2, 0) is 12.3 Å². The summed E-state index contributed by atoms with van der Waals surface area (Å²) in [5.41, 5.74) is 1.19. The maximum Gasteiger partial charge on any atom is 0.266 e. The molecule has 0 N–H and O–H groups in total. The summed E-state index contributed by atoms with van der Waals surface area (Å²) < 4.78 is 3.36. The Bertz CT molecular complexity index is 1190. The van der Waals surface area contributed by atoms with Crippen LogP contribution in [0.5, 0.6) is 0 Å². The van der Waals surface area contributed by atoms with Gasteiger partial charge in [-0.1, -0.05) is 48.5 Å². The zero-order valence-corrected chi connectivity index (χ0v) is 16.7. The number of rotatable bonds is 6. The fraction of sp³-hybridized carbons (Fsp3) is 0.211. The molecule has 0 bridgehead atoms. The van der Waals surface area contributed by atoms with Crippen molar-refractivity contribution in [1.82, 2.24) is 29.8 Å². The van der Waals surface area contributed by atoms with Crippen molar-refractivity contribution in [3.8, 4) is 5.69 Å². The number of halogens is 1. The van der Waals surface area contributed by atoms with Gasteiger partial charge in [-0.25, -0.2) is 9.67 Å². The van der Waals surface area contributed by atoms with Gasteiger partial charge in [0.05, 0.1) is 22.3 Å². The molecule has 0 saturated heterocycles. The van der Waals surface area contributed by atoms with Crippen molar-refractivity contribution in [1.29, 1.82) is 0 Å². The first-order chi connectivity index (χ1) is 13.7. The second-order valence-electron chi connectivity index (χ2n) is 6.14. The van der Waals surface area contributed by atoms with E-state index < -0.39 is 0 Å². The fourth-order valence-electron chi connectivity index (χ4n) is 2.89. The zero-order chi connectivity index (χ0) is 19.5. The smallest absolute Gasteiger partial charge is 0.266 e. The maximum absolute atomic E-state index is 13.2. The minimum absolute atomic E-state index is 0.136. The van der Waals surface area contributed by atoms with Gasteiger partial charge in [-0.2, -0.15) is 0 Å². The zero-order valence-electron chi connectivity index (χ0n) is 15.1. The Kier molecular flexibility index (Phi) is 5.40. The van der Waals surface area contributed by atoms with E-state index in [-0.39, 0.29) is 5.56 Å². The number of fused-ring (bicyclic) bond motifs is 1. The van der Waals surface area contributed by atoms with Crippen LogP contribution in [0.3, 0.4) is 0 Å². The third-order valence-electron chi connectivity index (χ3n) is 4.18. The molecule has 142 valence electrons. The fourth-order valence-corrected chi connectivity index (χ4v) is 4.02. The van der Waals surface area contributed by atoms with E-state index in [1.807, 2.05) is 30.3 Å². The molecule has 0 radical (unpaired) electrons. The minimum Gasteiger partial charge on any atom is -0.268 e. The van der Waals surface area contributed by atoms with Crippen LogP contribution in [-0.4, -0.2) is 29.8 Å². The van der Waals surface area contributed by atoms with Gasteiger partial charge in [0, 0.05) is 11.6 Å². The standard InChI is InChI=1S/C19H17ClN6OS/c1-2-10-25-17(22-23-24-25)12-28-19-21-16-9-4-3-8-15(16)18(27)26(19)14-7-5-6-13(20)11-14/h3-9,11H,2,10,12H2,1H3. The molecule has 4 aromatic rings. The van der Waals surface area contributed by atoms with Gasteiger partial charge in [0.25, 0.3) is 5.56 Å². The monoisotopic (exact) mass is 412 g/mol. The Morgan fingerprint density at radius 2 is 2.00 bits per heavy atom. The van der Waals surface area contributed by atoms with E-state index in [2.05, 4.69) is 22.4 Å². The van der Waals surface area contributed by atoms with E-state index in [1.165, 1.54) is 11.8 Å². The summed E-state index contributed by atoms with van der Waals surface area (Å²) in [4.78, 5) is 17.9. The lowest BCUT2D eigenvalue weighted by atomic mass is 10.2. The van der Waals surface area contributed by atoms with E-state index >= 15 is 0 Å². The highest BCUT2D eigenvalue weighted by atomic mass is 35.5. The van der Waals surface area contributed by atoms with Crippen molar-refractivity contribution >= 4 is 34.3 Å². The Morgan fingerprint density at radius 1 is 1.14 bits per heavy atom. The molecule has 2 aromatic carbocycles. The van der Waals surface area contributed by atoms with Crippen LogP contribution < -0.4 is 5.56 Å². The molecule has 28 heavy (non-hydrogen) atoms. The Morgan fingerprint density at radius 3 is 2.82 bits per heavy atom. The number of hydrogen-bond donors (Lipinski definition) is 0. The Labute approximate surface area is 170 Å². The van der Waals surface area contributed by atoms with Gasteiger partial charge in [0.2, 0.25) is 0 Å². The number of hydrogen-bond acceptors (Lipinski definition) is 6. The van der Waals surface area contributed by atoms with Gasteiger partial charge in [-0.15, -0.1) is 5.10 Å². The first-order valence-corrected chi connectivity index (χ1v) is 10.2. The number of benzene rings is 2. The maximum atomic E-state index is 13.2. The molecule has 0 saturated carbocycles. The number of thioether (sulfide) groups is 1. The molecule has 2 aromatic heterocycles. The van der Waals surface area contributed by atoms with Crippen LogP contribution in [0.2, 0.25) is 5.02 Å². The van der Waals surface area contributed by atoms with Gasteiger partial charge in [-0.05, 0) is 47.2 Å². The highest BCUT2D eigenvalue weighted by Gasteiger charge is 2.15. The van der Waals surface area contributed by atoms with E-state index in [9.17, 15) is 4.79 Å². The summed E-state index contributed by atoms with van der Waals surface area (Å²) in [5, 5.41) is 13.5. The summed E-state index contributed by atoms with van der Waals surface area (Å²) in [6.07, 6.45) is 0.935. The molecule has 2 heterocycles. The number of aryl methyl sites for hydroxylation is 1. The van der Waals surface area contributed by atoms with E-state index in [1.54, 1.807) is 27.4 Å². The third-order valence-corrected chi connectivity index (χ3v) is 5.35. The third kappa shape index (κ3) is 3.65. The minimum atomic E-state index is -0.136. The van der Waals surface area contributed by atoms with Crippen LogP contribution >= 0.6 is 23.4 Å². The summed E-state index contributed by atoms with van der Waals surface area (Å²) in [6.45, 7) is 2.81. The average molecular weight is 413 g/mol. The summed E-state index contributed by atoms with van der Waals surface area (Å²) in [7, 11) is 0. The lowest BCUT2D eigenvalue weighted by molar-refractivity contribution is 0.564. The van der Waals surface area contributed by atoms with Crippen LogP contribution in [0.4, 0.5) is 0 Å². The molecule has 0 unspecified atom stereocenters. The Hall–Kier alpha value is -2.71. The van der Waals surface area contributed by atoms with Gasteiger partial charge in [0.15, 0.2) is 11.0 Å². The first kappa shape index (κ1) is 18.6. The molecule has 0 aliphatic rings. The van der Waals surface area contributed by atoms with Crippen LogP contribution in [0.25, 0.3) is 16.6 Å². The molecular formula is C19H17ClN6OS. The number of para-hydroxylation sites is 1. The molecule has 0 fully saturated rings. The van der Waals surface area contributed by atoms with Gasteiger partial charge in [-0.3, -0.25) is 9.36 Å². The molecule has 4 rings (SSSR count). The normalized spacial score (nSPS) is 11.2. The average Bonchev–Trinajstić information content (AvgIpc) is 3.14. The second kappa shape index (κ2) is 8.12. The SMILES string of the molecule is CCCn1nnnc1CSc1nc2ccccc2c(=O)n1-c1cccc(Cl)c1. The topological polar surface area (TPSA) is 78.5 Å². The van der Waals surface area contributed by atoms with Gasteiger partial charge in [0.1, 0.15) is 0 Å². The van der Waals surface area contributed by atoms with Crippen LogP contribution in [0.1, 0.15) is 19.2 Å². The van der Waals surface area contributed by atoms with Crippen molar-refractivity contribution in [2.75, 3.05) is 0 Å². The molecule has 9 heteroatoms. The summed E-state index contributed by atoms with van der Waals surface area (Å²) >= 11 is 7.58. The van der Waals surface area contributed by atoms with E-state index in [4.69, 9.17) is 16.6 Å². The van der Waals surface area contributed by atoms with E-state index in [0.29, 0.717) is 32.5 Å². The molecule has 0 atom stereocenters. The van der Waals surface area contributed by atoms with Crippen molar-refractivity contribution in [3.63, 3.8) is 0 Å². The van der Waals surface area contributed by atoms with Gasteiger partial charge < -0.3 is 0 Å². The van der Waals surface area contributed by atoms with Crippen molar-refractivity contribution in [2.45, 2.75) is 30.8 Å². The van der Waals surface area contributed by atoms with Crippen LogP contribution in [0, 0.1) is 0 Å². The Balaban J connectivity index is 1.81. The van der Waals surface area contributed by atoms with Gasteiger partial charge >= 0.3 is 0 Å². The quantitative estimate of drug-likeness (QED) is 0.354. The first-order valence-electron chi connectivity index (χ1n) is 8.83. The molecular weight excluding hydrogens is 396 g/mol. The number of tetrazole rings is 1. The number of aromatic nitrogens is 6. The van der Waals surface area contributed by atoms with Crippen molar-refractivity contribution in [2.24, 2.45) is 0 Å². The predicted molar refractivity (Wildman–Crippen MR) is 110 cm³/mol. The largest absolute Gasteiger partial charge is 0.268 e. The van der Waals surface area contributed by atoms with Crippen molar-refractivity contribution < 1.29 is 0 Å². The molecule has 0 aliphatic heterocycles. The molecule has 0 amide bonds. The molecule has 7 nitrogen and oxygen atoms in total.